The van der Waals surface area contributed by atoms with Crippen molar-refractivity contribution in [1.82, 2.24) is 25.0 Å². The highest BCUT2D eigenvalue weighted by molar-refractivity contribution is 4.98. The van der Waals surface area contributed by atoms with E-state index in [2.05, 4.69) is 20.4 Å². The summed E-state index contributed by atoms with van der Waals surface area (Å²) in [4.78, 5) is 8.69. The highest BCUT2D eigenvalue weighted by Gasteiger charge is 2.11. The largest absolute Gasteiger partial charge is 0.383 e. The van der Waals surface area contributed by atoms with Crippen LogP contribution in [0.4, 0.5) is 0 Å². The van der Waals surface area contributed by atoms with Crippen molar-refractivity contribution in [2.75, 3.05) is 20.3 Å². The topological polar surface area (TPSA) is 78.0 Å². The average molecular weight is 279 g/mol. The van der Waals surface area contributed by atoms with Crippen molar-refractivity contribution in [2.24, 2.45) is 0 Å². The summed E-state index contributed by atoms with van der Waals surface area (Å²) in [6.07, 6.45) is 3.69. The van der Waals surface area contributed by atoms with Gasteiger partial charge >= 0.3 is 0 Å². The third-order valence-corrected chi connectivity index (χ3v) is 2.86. The van der Waals surface area contributed by atoms with Gasteiger partial charge in [0.15, 0.2) is 5.82 Å². The Morgan fingerprint density at radius 1 is 1.45 bits per heavy atom. The van der Waals surface area contributed by atoms with Crippen LogP contribution in [0.5, 0.6) is 0 Å². The summed E-state index contributed by atoms with van der Waals surface area (Å²) in [5, 5.41) is 7.25. The van der Waals surface area contributed by atoms with Crippen LogP contribution in [-0.4, -0.2) is 40.0 Å². The molecule has 2 aromatic heterocycles. The Kier molecular flexibility index (Phi) is 5.25. The molecule has 0 unspecified atom stereocenters. The molecule has 0 saturated heterocycles. The first-order valence-corrected chi connectivity index (χ1v) is 6.73. The second kappa shape index (κ2) is 7.16. The van der Waals surface area contributed by atoms with Crippen LogP contribution in [0.25, 0.3) is 0 Å². The van der Waals surface area contributed by atoms with E-state index >= 15 is 0 Å². The van der Waals surface area contributed by atoms with E-state index in [1.807, 2.05) is 24.6 Å². The molecular weight excluding hydrogens is 258 g/mol. The zero-order valence-electron chi connectivity index (χ0n) is 12.2. The van der Waals surface area contributed by atoms with Gasteiger partial charge in [-0.3, -0.25) is 0 Å². The Balaban J connectivity index is 1.93. The van der Waals surface area contributed by atoms with Gasteiger partial charge in [0.1, 0.15) is 5.82 Å². The van der Waals surface area contributed by atoms with E-state index in [0.717, 1.165) is 12.4 Å². The maximum absolute atomic E-state index is 5.20. The lowest BCUT2D eigenvalue weighted by Gasteiger charge is -2.06. The lowest BCUT2D eigenvalue weighted by atomic mass is 10.2. The lowest BCUT2D eigenvalue weighted by molar-refractivity contribution is 0.199. The molecule has 0 amide bonds. The molecule has 0 aliphatic rings. The standard InChI is InChI=1S/C13H21N5O2/c1-10(2)13-16-11(17-20-13)9-18-6-4-15-12(18)8-14-5-7-19-3/h4,6,10,14H,5,7-9H2,1-3H3. The molecular formula is C13H21N5O2. The molecule has 0 aromatic carbocycles. The van der Waals surface area contributed by atoms with Crippen LogP contribution in [0.3, 0.4) is 0 Å². The van der Waals surface area contributed by atoms with Gasteiger partial charge in [-0.1, -0.05) is 19.0 Å². The van der Waals surface area contributed by atoms with Gasteiger partial charge in [-0.15, -0.1) is 0 Å². The first-order valence-electron chi connectivity index (χ1n) is 6.73. The molecule has 110 valence electrons. The number of nitrogens with one attached hydrogen (secondary N) is 1. The smallest absolute Gasteiger partial charge is 0.229 e. The average Bonchev–Trinajstić information content (AvgIpc) is 3.05. The van der Waals surface area contributed by atoms with Crippen LogP contribution in [0.15, 0.2) is 16.9 Å². The van der Waals surface area contributed by atoms with E-state index in [-0.39, 0.29) is 5.92 Å². The Morgan fingerprint density at radius 3 is 3.00 bits per heavy atom. The minimum atomic E-state index is 0.245. The molecule has 0 fully saturated rings. The van der Waals surface area contributed by atoms with Crippen molar-refractivity contribution in [3.63, 3.8) is 0 Å². The molecule has 7 nitrogen and oxygen atoms in total. The molecule has 0 spiro atoms. The lowest BCUT2D eigenvalue weighted by Crippen LogP contribution is -2.21. The first-order chi connectivity index (χ1) is 9.70. The monoisotopic (exact) mass is 279 g/mol. The van der Waals surface area contributed by atoms with Crippen molar-refractivity contribution in [1.29, 1.82) is 0 Å². The number of methoxy groups -OCH3 is 1. The number of imidazole rings is 1. The molecule has 2 rings (SSSR count). The molecule has 1 N–H and O–H groups in total. The highest BCUT2D eigenvalue weighted by Crippen LogP contribution is 2.11. The number of rotatable bonds is 8. The van der Waals surface area contributed by atoms with Crippen LogP contribution in [-0.2, 0) is 17.8 Å². The third kappa shape index (κ3) is 3.88. The number of hydrogen-bond acceptors (Lipinski definition) is 6. The van der Waals surface area contributed by atoms with Crippen molar-refractivity contribution in [3.05, 3.63) is 29.9 Å². The van der Waals surface area contributed by atoms with Crippen LogP contribution < -0.4 is 5.32 Å². The molecule has 0 aliphatic carbocycles. The van der Waals surface area contributed by atoms with Gasteiger partial charge in [0, 0.05) is 32.0 Å². The second-order valence-corrected chi connectivity index (χ2v) is 4.84. The van der Waals surface area contributed by atoms with E-state index in [0.29, 0.717) is 31.4 Å². The number of hydrogen-bond donors (Lipinski definition) is 1. The fourth-order valence-electron chi connectivity index (χ4n) is 1.74. The number of aromatic nitrogens is 4. The molecule has 0 saturated carbocycles. The summed E-state index contributed by atoms with van der Waals surface area (Å²) in [5.41, 5.74) is 0. The van der Waals surface area contributed by atoms with Crippen LogP contribution in [0.1, 0.15) is 37.3 Å². The minimum absolute atomic E-state index is 0.245. The fourth-order valence-corrected chi connectivity index (χ4v) is 1.74. The molecule has 20 heavy (non-hydrogen) atoms. The third-order valence-electron chi connectivity index (χ3n) is 2.86. The quantitative estimate of drug-likeness (QED) is 0.731. The van der Waals surface area contributed by atoms with E-state index in [9.17, 15) is 0 Å². The van der Waals surface area contributed by atoms with Crippen molar-refractivity contribution < 1.29 is 9.26 Å². The Bertz CT molecular complexity index is 520. The second-order valence-electron chi connectivity index (χ2n) is 4.84. The maximum atomic E-state index is 5.20. The van der Waals surface area contributed by atoms with Crippen LogP contribution >= 0.6 is 0 Å². The van der Waals surface area contributed by atoms with Crippen LogP contribution in [0.2, 0.25) is 0 Å². The fraction of sp³-hybridized carbons (Fsp3) is 0.615. The highest BCUT2D eigenvalue weighted by atomic mass is 16.5. The molecule has 0 atom stereocenters. The summed E-state index contributed by atoms with van der Waals surface area (Å²) in [5.74, 6) is 2.52. The van der Waals surface area contributed by atoms with Gasteiger partial charge in [-0.25, -0.2) is 4.98 Å². The number of nitrogens with zero attached hydrogens (tertiary/aromatic N) is 4. The molecule has 0 radical (unpaired) electrons. The van der Waals surface area contributed by atoms with E-state index < -0.39 is 0 Å². The predicted octanol–water partition coefficient (Wildman–Crippen LogP) is 1.17. The molecule has 0 bridgehead atoms. The summed E-state index contributed by atoms with van der Waals surface area (Å²) < 4.78 is 12.2. The Morgan fingerprint density at radius 2 is 2.30 bits per heavy atom. The van der Waals surface area contributed by atoms with Crippen LogP contribution in [0, 0.1) is 0 Å². The van der Waals surface area contributed by atoms with Gasteiger partial charge < -0.3 is 19.1 Å². The predicted molar refractivity (Wildman–Crippen MR) is 73.3 cm³/mol. The Hall–Kier alpha value is -1.73. The first kappa shape index (κ1) is 14.7. The zero-order chi connectivity index (χ0) is 14.4. The van der Waals surface area contributed by atoms with E-state index in [4.69, 9.17) is 9.26 Å². The summed E-state index contributed by atoms with van der Waals surface area (Å²) in [6.45, 7) is 6.79. The van der Waals surface area contributed by atoms with Crippen molar-refractivity contribution in [2.45, 2.75) is 32.9 Å². The Labute approximate surface area is 118 Å². The summed E-state index contributed by atoms with van der Waals surface area (Å²) in [7, 11) is 1.69. The summed E-state index contributed by atoms with van der Waals surface area (Å²) >= 11 is 0. The van der Waals surface area contributed by atoms with Gasteiger partial charge in [0.25, 0.3) is 0 Å². The molecule has 2 heterocycles. The zero-order valence-corrected chi connectivity index (χ0v) is 12.2. The van der Waals surface area contributed by atoms with Crippen molar-refractivity contribution in [3.8, 4) is 0 Å². The molecule has 2 aromatic rings. The van der Waals surface area contributed by atoms with Crippen molar-refractivity contribution >= 4 is 0 Å². The van der Waals surface area contributed by atoms with Gasteiger partial charge in [0.2, 0.25) is 5.89 Å². The minimum Gasteiger partial charge on any atom is -0.383 e. The number of ether oxygens (including phenoxy) is 1. The SMILES string of the molecule is COCCNCc1nccn1Cc1noc(C(C)C)n1. The van der Waals surface area contributed by atoms with Gasteiger partial charge in [0.05, 0.1) is 19.7 Å². The normalized spacial score (nSPS) is 11.4. The maximum Gasteiger partial charge on any atom is 0.229 e. The van der Waals surface area contributed by atoms with Gasteiger partial charge in [-0.05, 0) is 0 Å². The molecule has 7 heteroatoms. The molecule has 0 aliphatic heterocycles. The van der Waals surface area contributed by atoms with Gasteiger partial charge in [-0.2, -0.15) is 4.98 Å². The van der Waals surface area contributed by atoms with E-state index in [1.165, 1.54) is 0 Å². The summed E-state index contributed by atoms with van der Waals surface area (Å²) in [6, 6.07) is 0. The van der Waals surface area contributed by atoms with E-state index in [1.54, 1.807) is 13.3 Å².